The molecule has 2 rings (SSSR count). The standard InChI is InChI=1S/C20H35N5O2.HI/c1-4-21-20(23-16-17(24(2)3)18-10-8-15-27-18)22-12-9-14-25-13-7-5-6-11-19(25)26;/h8,10,15,17H,4-7,9,11-14,16H2,1-3H3,(H2,21,22,23);1H. The van der Waals surface area contributed by atoms with E-state index in [4.69, 9.17) is 9.41 Å². The third-order valence-electron chi connectivity index (χ3n) is 4.83. The fourth-order valence-electron chi connectivity index (χ4n) is 3.26. The van der Waals surface area contributed by atoms with E-state index in [9.17, 15) is 4.79 Å². The lowest BCUT2D eigenvalue weighted by Gasteiger charge is -2.22. The fourth-order valence-corrected chi connectivity index (χ4v) is 3.26. The molecule has 1 atom stereocenters. The molecular weight excluding hydrogens is 469 g/mol. The summed E-state index contributed by atoms with van der Waals surface area (Å²) in [5.74, 6) is 2.03. The Labute approximate surface area is 186 Å². The van der Waals surface area contributed by atoms with Gasteiger partial charge in [0.1, 0.15) is 5.76 Å². The number of carbonyl (C=O) groups is 1. The molecule has 2 N–H and O–H groups in total. The Morgan fingerprint density at radius 2 is 2.14 bits per heavy atom. The van der Waals surface area contributed by atoms with Gasteiger partial charge in [-0.25, -0.2) is 0 Å². The lowest BCUT2D eigenvalue weighted by atomic mass is 10.2. The van der Waals surface area contributed by atoms with Crippen molar-refractivity contribution in [2.75, 3.05) is 46.8 Å². The summed E-state index contributed by atoms with van der Waals surface area (Å²) in [4.78, 5) is 20.9. The first-order valence-corrected chi connectivity index (χ1v) is 10.1. The Hall–Kier alpha value is -1.29. The monoisotopic (exact) mass is 505 g/mol. The number of nitrogens with zero attached hydrogens (tertiary/aromatic N) is 3. The topological polar surface area (TPSA) is 73.1 Å². The second-order valence-electron chi connectivity index (χ2n) is 7.19. The van der Waals surface area contributed by atoms with Crippen LogP contribution in [0.5, 0.6) is 0 Å². The highest BCUT2D eigenvalue weighted by atomic mass is 127. The van der Waals surface area contributed by atoms with Crippen LogP contribution in [0.25, 0.3) is 0 Å². The molecule has 1 aromatic rings. The lowest BCUT2D eigenvalue weighted by molar-refractivity contribution is -0.130. The predicted octanol–water partition coefficient (Wildman–Crippen LogP) is 2.85. The molecule has 1 aliphatic rings. The number of nitrogens with one attached hydrogen (secondary N) is 2. The molecule has 1 unspecified atom stereocenters. The van der Waals surface area contributed by atoms with Gasteiger partial charge >= 0.3 is 0 Å². The van der Waals surface area contributed by atoms with Crippen molar-refractivity contribution >= 4 is 35.8 Å². The normalized spacial score (nSPS) is 16.5. The van der Waals surface area contributed by atoms with E-state index >= 15 is 0 Å². The third kappa shape index (κ3) is 8.38. The molecule has 0 spiro atoms. The first-order valence-electron chi connectivity index (χ1n) is 10.1. The molecule has 28 heavy (non-hydrogen) atoms. The average Bonchev–Trinajstić information content (AvgIpc) is 3.08. The molecule has 1 aromatic heterocycles. The van der Waals surface area contributed by atoms with Gasteiger partial charge in [0.15, 0.2) is 5.96 Å². The average molecular weight is 505 g/mol. The minimum Gasteiger partial charge on any atom is -0.468 e. The molecule has 1 amide bonds. The molecule has 1 aliphatic heterocycles. The Morgan fingerprint density at radius 3 is 2.82 bits per heavy atom. The van der Waals surface area contributed by atoms with Crippen LogP contribution in [0.2, 0.25) is 0 Å². The van der Waals surface area contributed by atoms with Crippen LogP contribution >= 0.6 is 24.0 Å². The number of hydrogen-bond acceptors (Lipinski definition) is 4. The van der Waals surface area contributed by atoms with Crippen LogP contribution < -0.4 is 10.6 Å². The number of hydrogen-bond donors (Lipinski definition) is 2. The van der Waals surface area contributed by atoms with E-state index in [1.807, 2.05) is 31.1 Å². The Balaban J connectivity index is 0.00000392. The summed E-state index contributed by atoms with van der Waals surface area (Å²) in [7, 11) is 4.06. The van der Waals surface area contributed by atoms with Gasteiger partial charge in [-0.2, -0.15) is 0 Å². The second-order valence-corrected chi connectivity index (χ2v) is 7.19. The van der Waals surface area contributed by atoms with Crippen LogP contribution in [-0.2, 0) is 4.79 Å². The second kappa shape index (κ2) is 13.8. The largest absolute Gasteiger partial charge is 0.468 e. The summed E-state index contributed by atoms with van der Waals surface area (Å²) in [6.45, 7) is 5.99. The number of rotatable bonds is 9. The molecule has 0 aromatic carbocycles. The summed E-state index contributed by atoms with van der Waals surface area (Å²) in [6, 6.07) is 3.99. The molecule has 1 fully saturated rings. The number of carbonyl (C=O) groups excluding carboxylic acids is 1. The van der Waals surface area contributed by atoms with Crippen molar-refractivity contribution in [2.24, 2.45) is 4.99 Å². The maximum Gasteiger partial charge on any atom is 0.222 e. The highest BCUT2D eigenvalue weighted by Gasteiger charge is 2.17. The van der Waals surface area contributed by atoms with E-state index in [0.717, 1.165) is 57.2 Å². The zero-order valence-electron chi connectivity index (χ0n) is 17.4. The fraction of sp³-hybridized carbons (Fsp3) is 0.700. The predicted molar refractivity (Wildman–Crippen MR) is 124 cm³/mol. The van der Waals surface area contributed by atoms with Gasteiger partial charge in [-0.3, -0.25) is 14.7 Å². The van der Waals surface area contributed by atoms with Gasteiger partial charge in [-0.15, -0.1) is 24.0 Å². The Bertz CT molecular complexity index is 577. The maximum absolute atomic E-state index is 12.1. The Kier molecular flexibility index (Phi) is 12.2. The van der Waals surface area contributed by atoms with Gasteiger partial charge in [0, 0.05) is 32.6 Å². The quantitative estimate of drug-likeness (QED) is 0.234. The summed E-state index contributed by atoms with van der Waals surface area (Å²) in [5.41, 5.74) is 0. The molecule has 0 aliphatic carbocycles. The number of halogens is 1. The van der Waals surface area contributed by atoms with Crippen LogP contribution in [0.1, 0.15) is 50.8 Å². The van der Waals surface area contributed by atoms with Crippen molar-refractivity contribution < 1.29 is 9.21 Å². The van der Waals surface area contributed by atoms with E-state index < -0.39 is 0 Å². The Morgan fingerprint density at radius 1 is 1.32 bits per heavy atom. The van der Waals surface area contributed by atoms with Crippen molar-refractivity contribution in [3.63, 3.8) is 0 Å². The van der Waals surface area contributed by atoms with Crippen molar-refractivity contribution in [1.29, 1.82) is 0 Å². The van der Waals surface area contributed by atoms with Gasteiger partial charge in [0.05, 0.1) is 18.8 Å². The van der Waals surface area contributed by atoms with E-state index in [0.29, 0.717) is 18.9 Å². The summed E-state index contributed by atoms with van der Waals surface area (Å²) >= 11 is 0. The number of furan rings is 1. The molecule has 7 nitrogen and oxygen atoms in total. The maximum atomic E-state index is 12.1. The molecule has 1 saturated heterocycles. The number of aliphatic imine (C=N–C) groups is 1. The zero-order chi connectivity index (χ0) is 19.5. The van der Waals surface area contributed by atoms with Gasteiger partial charge < -0.3 is 20.0 Å². The smallest absolute Gasteiger partial charge is 0.222 e. The van der Waals surface area contributed by atoms with Gasteiger partial charge in [-0.1, -0.05) is 6.42 Å². The molecule has 0 radical (unpaired) electrons. The van der Waals surface area contributed by atoms with Crippen molar-refractivity contribution in [3.8, 4) is 0 Å². The van der Waals surface area contributed by atoms with E-state index in [1.54, 1.807) is 6.26 Å². The van der Waals surface area contributed by atoms with Crippen LogP contribution in [0.15, 0.2) is 27.8 Å². The lowest BCUT2D eigenvalue weighted by Crippen LogP contribution is -2.40. The zero-order valence-corrected chi connectivity index (χ0v) is 19.8. The summed E-state index contributed by atoms with van der Waals surface area (Å²) in [5, 5.41) is 6.67. The number of guanidine groups is 1. The van der Waals surface area contributed by atoms with E-state index in [1.165, 1.54) is 6.42 Å². The molecular formula is C20H36IN5O2. The summed E-state index contributed by atoms with van der Waals surface area (Å²) < 4.78 is 5.55. The molecule has 160 valence electrons. The first-order chi connectivity index (χ1) is 13.1. The van der Waals surface area contributed by atoms with Crippen LogP contribution in [0.3, 0.4) is 0 Å². The first kappa shape index (κ1) is 24.7. The van der Waals surface area contributed by atoms with Crippen molar-refractivity contribution in [2.45, 2.75) is 45.1 Å². The van der Waals surface area contributed by atoms with Crippen LogP contribution in [0, 0.1) is 0 Å². The molecule has 0 bridgehead atoms. The number of likely N-dealkylation sites (N-methyl/N-ethyl adjacent to an activating group) is 1. The minimum absolute atomic E-state index is 0. The van der Waals surface area contributed by atoms with E-state index in [-0.39, 0.29) is 30.0 Å². The number of amides is 1. The van der Waals surface area contributed by atoms with Gasteiger partial charge in [0.25, 0.3) is 0 Å². The minimum atomic E-state index is 0. The summed E-state index contributed by atoms with van der Waals surface area (Å²) in [6.07, 6.45) is 6.65. The number of likely N-dealkylation sites (tertiary alicyclic amines) is 1. The SMILES string of the molecule is CCNC(=NCC(c1ccco1)N(C)C)NCCCN1CCCCCC1=O.I. The van der Waals surface area contributed by atoms with E-state index in [2.05, 4.69) is 22.5 Å². The van der Waals surface area contributed by atoms with Crippen molar-refractivity contribution in [3.05, 3.63) is 24.2 Å². The highest BCUT2D eigenvalue weighted by molar-refractivity contribution is 14.0. The molecule has 2 heterocycles. The molecule has 0 saturated carbocycles. The third-order valence-corrected chi connectivity index (χ3v) is 4.83. The van der Waals surface area contributed by atoms with Crippen LogP contribution in [-0.4, -0.2) is 68.5 Å². The molecule has 8 heteroatoms. The van der Waals surface area contributed by atoms with Gasteiger partial charge in [0.2, 0.25) is 5.91 Å². The van der Waals surface area contributed by atoms with Crippen LogP contribution in [0.4, 0.5) is 0 Å². The van der Waals surface area contributed by atoms with Crippen molar-refractivity contribution in [1.82, 2.24) is 20.4 Å². The highest BCUT2D eigenvalue weighted by Crippen LogP contribution is 2.18. The van der Waals surface area contributed by atoms with Gasteiger partial charge in [-0.05, 0) is 52.4 Å².